The van der Waals surface area contributed by atoms with Gasteiger partial charge in [-0.3, -0.25) is 0 Å². The quantitative estimate of drug-likeness (QED) is 0.690. The third kappa shape index (κ3) is 2.72. The largest absolute Gasteiger partial charge is 0.464 e. The molecular formula is C10H9BrClFO3. The van der Waals surface area contributed by atoms with Gasteiger partial charge >= 0.3 is 5.97 Å². The van der Waals surface area contributed by atoms with Gasteiger partial charge in [0.15, 0.2) is 6.10 Å². The van der Waals surface area contributed by atoms with Crippen molar-refractivity contribution in [2.75, 3.05) is 6.61 Å². The second-order valence-electron chi connectivity index (χ2n) is 2.91. The molecule has 88 valence electrons. The highest BCUT2D eigenvalue weighted by Crippen LogP contribution is 2.33. The predicted molar refractivity (Wildman–Crippen MR) is 60.7 cm³/mol. The summed E-state index contributed by atoms with van der Waals surface area (Å²) < 4.78 is 18.2. The van der Waals surface area contributed by atoms with E-state index in [0.717, 1.165) is 6.07 Å². The summed E-state index contributed by atoms with van der Waals surface area (Å²) in [6.45, 7) is 1.70. The molecule has 0 spiro atoms. The Morgan fingerprint density at radius 1 is 1.69 bits per heavy atom. The summed E-state index contributed by atoms with van der Waals surface area (Å²) in [6.07, 6.45) is -1.69. The van der Waals surface area contributed by atoms with Crippen LogP contribution in [0.5, 0.6) is 0 Å². The number of aliphatic hydroxyl groups excluding tert-OH is 1. The normalized spacial score (nSPS) is 12.3. The van der Waals surface area contributed by atoms with Crippen molar-refractivity contribution in [2.45, 2.75) is 13.0 Å². The van der Waals surface area contributed by atoms with Crippen LogP contribution in [0.4, 0.5) is 4.39 Å². The number of benzene rings is 1. The van der Waals surface area contributed by atoms with E-state index < -0.39 is 17.9 Å². The molecular weight excluding hydrogens is 302 g/mol. The first-order valence-electron chi connectivity index (χ1n) is 4.47. The maximum Gasteiger partial charge on any atom is 0.339 e. The summed E-state index contributed by atoms with van der Waals surface area (Å²) in [7, 11) is 0. The molecule has 0 aromatic heterocycles. The number of aliphatic hydroxyl groups is 1. The van der Waals surface area contributed by atoms with Gasteiger partial charge in [0.05, 0.1) is 11.6 Å². The molecule has 16 heavy (non-hydrogen) atoms. The number of carbonyl (C=O) groups is 1. The van der Waals surface area contributed by atoms with Crippen molar-refractivity contribution in [2.24, 2.45) is 0 Å². The molecule has 0 radical (unpaired) electrons. The summed E-state index contributed by atoms with van der Waals surface area (Å²) in [5, 5.41) is 9.81. The van der Waals surface area contributed by atoms with E-state index in [0.29, 0.717) is 0 Å². The summed E-state index contributed by atoms with van der Waals surface area (Å²) in [5.74, 6) is -1.64. The van der Waals surface area contributed by atoms with Crippen LogP contribution in [0.2, 0.25) is 5.02 Å². The van der Waals surface area contributed by atoms with Crippen LogP contribution in [0.1, 0.15) is 18.6 Å². The second-order valence-corrected chi connectivity index (χ2v) is 4.11. The molecule has 0 heterocycles. The number of rotatable bonds is 3. The Labute approximate surface area is 105 Å². The molecule has 6 heteroatoms. The van der Waals surface area contributed by atoms with Crippen LogP contribution < -0.4 is 0 Å². The van der Waals surface area contributed by atoms with Crippen molar-refractivity contribution in [3.05, 3.63) is 33.0 Å². The minimum atomic E-state index is -1.69. The van der Waals surface area contributed by atoms with Crippen LogP contribution in [-0.2, 0) is 9.53 Å². The van der Waals surface area contributed by atoms with E-state index in [1.165, 1.54) is 6.07 Å². The Kier molecular flexibility index (Phi) is 4.70. The van der Waals surface area contributed by atoms with Crippen molar-refractivity contribution in [3.8, 4) is 0 Å². The molecule has 0 saturated heterocycles. The maximum atomic E-state index is 13.4. The molecule has 3 nitrogen and oxygen atoms in total. The van der Waals surface area contributed by atoms with E-state index in [-0.39, 0.29) is 21.7 Å². The van der Waals surface area contributed by atoms with Crippen molar-refractivity contribution < 1.29 is 19.0 Å². The number of esters is 1. The fraction of sp³-hybridized carbons (Fsp3) is 0.300. The maximum absolute atomic E-state index is 13.4. The number of hydrogen-bond acceptors (Lipinski definition) is 3. The summed E-state index contributed by atoms with van der Waals surface area (Å²) in [5.41, 5.74) is -0.217. The molecule has 0 aliphatic rings. The Morgan fingerprint density at radius 2 is 2.31 bits per heavy atom. The first kappa shape index (κ1) is 13.4. The Bertz CT molecular complexity index is 411. The van der Waals surface area contributed by atoms with Crippen molar-refractivity contribution in [1.29, 1.82) is 0 Å². The van der Waals surface area contributed by atoms with E-state index in [4.69, 9.17) is 11.6 Å². The molecule has 1 aromatic rings. The molecule has 0 saturated carbocycles. The van der Waals surface area contributed by atoms with Crippen LogP contribution in [0.15, 0.2) is 16.6 Å². The average Bonchev–Trinajstić information content (AvgIpc) is 2.24. The molecule has 0 fully saturated rings. The number of carbonyl (C=O) groups excluding carboxylic acids is 1. The number of ether oxygens (including phenoxy) is 1. The first-order chi connectivity index (χ1) is 7.49. The topological polar surface area (TPSA) is 46.5 Å². The van der Waals surface area contributed by atoms with Crippen molar-refractivity contribution >= 4 is 33.5 Å². The van der Waals surface area contributed by atoms with Gasteiger partial charge in [0.25, 0.3) is 0 Å². The summed E-state index contributed by atoms with van der Waals surface area (Å²) in [4.78, 5) is 11.3. The van der Waals surface area contributed by atoms with Gasteiger partial charge in [-0.15, -0.1) is 0 Å². The zero-order chi connectivity index (χ0) is 12.3. The highest BCUT2D eigenvalue weighted by atomic mass is 79.9. The predicted octanol–water partition coefficient (Wildman–Crippen LogP) is 2.84. The SMILES string of the molecule is CCOC(=O)C(O)c1c(F)ccc(Cl)c1Br. The molecule has 0 bridgehead atoms. The minimum absolute atomic E-state index is 0.107. The highest BCUT2D eigenvalue weighted by molar-refractivity contribution is 9.10. The Balaban J connectivity index is 3.12. The number of hydrogen-bond donors (Lipinski definition) is 1. The molecule has 1 unspecified atom stereocenters. The van der Waals surface area contributed by atoms with Gasteiger partial charge in [0.1, 0.15) is 5.82 Å². The molecule has 0 aliphatic carbocycles. The van der Waals surface area contributed by atoms with Crippen LogP contribution in [0, 0.1) is 5.82 Å². The van der Waals surface area contributed by atoms with E-state index in [2.05, 4.69) is 20.7 Å². The van der Waals surface area contributed by atoms with Gasteiger partial charge in [-0.05, 0) is 35.0 Å². The molecule has 1 N–H and O–H groups in total. The molecule has 0 aliphatic heterocycles. The van der Waals surface area contributed by atoms with E-state index >= 15 is 0 Å². The smallest absolute Gasteiger partial charge is 0.339 e. The molecule has 1 atom stereocenters. The third-order valence-electron chi connectivity index (χ3n) is 1.86. The summed E-state index contributed by atoms with van der Waals surface area (Å²) >= 11 is 8.75. The van der Waals surface area contributed by atoms with Crippen LogP contribution in [0.25, 0.3) is 0 Å². The van der Waals surface area contributed by atoms with Gasteiger partial charge in [-0.25, -0.2) is 9.18 Å². The lowest BCUT2D eigenvalue weighted by molar-refractivity contribution is -0.153. The lowest BCUT2D eigenvalue weighted by Crippen LogP contribution is -2.17. The standard InChI is InChI=1S/C10H9BrClFO3/c1-2-16-10(15)9(14)7-6(13)4-3-5(12)8(7)11/h3-4,9,14H,2H2,1H3. The van der Waals surface area contributed by atoms with Crippen LogP contribution >= 0.6 is 27.5 Å². The third-order valence-corrected chi connectivity index (χ3v) is 3.26. The lowest BCUT2D eigenvalue weighted by atomic mass is 10.1. The van der Waals surface area contributed by atoms with Crippen molar-refractivity contribution in [1.82, 2.24) is 0 Å². The zero-order valence-electron chi connectivity index (χ0n) is 8.34. The van der Waals surface area contributed by atoms with Gasteiger partial charge in [0.2, 0.25) is 0 Å². The fourth-order valence-electron chi connectivity index (χ4n) is 1.13. The van der Waals surface area contributed by atoms with Gasteiger partial charge < -0.3 is 9.84 Å². The highest BCUT2D eigenvalue weighted by Gasteiger charge is 2.25. The summed E-state index contributed by atoms with van der Waals surface area (Å²) in [6, 6.07) is 2.40. The first-order valence-corrected chi connectivity index (χ1v) is 5.64. The van der Waals surface area contributed by atoms with Gasteiger partial charge in [-0.2, -0.15) is 0 Å². The van der Waals surface area contributed by atoms with E-state index in [1.54, 1.807) is 6.92 Å². The molecule has 0 amide bonds. The lowest BCUT2D eigenvalue weighted by Gasteiger charge is -2.13. The van der Waals surface area contributed by atoms with E-state index in [1.807, 2.05) is 0 Å². The second kappa shape index (κ2) is 5.61. The van der Waals surface area contributed by atoms with Gasteiger partial charge in [-0.1, -0.05) is 11.6 Å². The Morgan fingerprint density at radius 3 is 2.88 bits per heavy atom. The monoisotopic (exact) mass is 310 g/mol. The molecule has 1 aromatic carbocycles. The van der Waals surface area contributed by atoms with Gasteiger partial charge in [0, 0.05) is 10.0 Å². The average molecular weight is 312 g/mol. The van der Waals surface area contributed by atoms with E-state index in [9.17, 15) is 14.3 Å². The zero-order valence-corrected chi connectivity index (χ0v) is 10.7. The minimum Gasteiger partial charge on any atom is -0.464 e. The number of halogens is 3. The van der Waals surface area contributed by atoms with Crippen LogP contribution in [0.3, 0.4) is 0 Å². The molecule has 1 rings (SSSR count). The fourth-order valence-corrected chi connectivity index (χ4v) is 1.84. The van der Waals surface area contributed by atoms with Crippen molar-refractivity contribution in [3.63, 3.8) is 0 Å². The van der Waals surface area contributed by atoms with Crippen LogP contribution in [-0.4, -0.2) is 17.7 Å². The Hall–Kier alpha value is -0.650.